The molecule has 1 unspecified atom stereocenters. The second-order valence-corrected chi connectivity index (χ2v) is 18.3. The molecule has 2 rings (SSSR count). The van der Waals surface area contributed by atoms with Gasteiger partial charge in [0.05, 0.1) is 52.4 Å². The first-order valence-corrected chi connectivity index (χ1v) is 25.3. The standard InChI is InChI=1S/2C16H36N.C11H17BF.C8H11BF/c2*1-5-9-13-17(14-10-6-2,15-11-7-3)16-12-8-4;1-4-9(3)12-11-7-10(13)6-5-8(11)2;1-6-3-4-7(10)5-8(6)9-2/h2*5-16H2,1-4H3;5-7,9H,4,12H2,1-3H3;3-5H,9H2,1-2H3/q2*+1;2*-1. The number of benzene rings is 2. The van der Waals surface area contributed by atoms with Crippen molar-refractivity contribution in [3.8, 4) is 0 Å². The minimum atomic E-state index is -0.151. The van der Waals surface area contributed by atoms with Crippen LogP contribution in [-0.4, -0.2) is 75.9 Å². The number of aryl methyl sites for hydroxylation is 2. The lowest BCUT2D eigenvalue weighted by Crippen LogP contribution is -2.50. The predicted octanol–water partition coefficient (Wildman–Crippen LogP) is 13.1. The van der Waals surface area contributed by atoms with Crippen molar-refractivity contribution < 1.29 is 17.7 Å². The third-order valence-corrected chi connectivity index (χ3v) is 13.0. The van der Waals surface area contributed by atoms with Crippen molar-refractivity contribution in [1.82, 2.24) is 0 Å². The lowest BCUT2D eigenvalue weighted by molar-refractivity contribution is -0.929. The van der Waals surface area contributed by atoms with E-state index in [0.29, 0.717) is 0 Å². The van der Waals surface area contributed by atoms with Crippen LogP contribution in [0, 0.1) is 25.5 Å². The molecule has 1 atom stereocenters. The highest BCUT2D eigenvalue weighted by atomic mass is 19.1. The van der Waals surface area contributed by atoms with Crippen LogP contribution in [0.25, 0.3) is 0 Å². The normalized spacial score (nSPS) is 11.8. The quantitative estimate of drug-likeness (QED) is 0.0594. The van der Waals surface area contributed by atoms with Crippen LogP contribution in [0.2, 0.25) is 12.6 Å². The Kier molecular flexibility index (Phi) is 37.6. The Balaban J connectivity index is 0. The molecule has 0 radical (unpaired) electrons. The van der Waals surface area contributed by atoms with Gasteiger partial charge in [-0.2, -0.15) is 12.6 Å². The van der Waals surface area contributed by atoms with E-state index in [4.69, 9.17) is 0 Å². The van der Waals surface area contributed by atoms with Crippen molar-refractivity contribution in [2.75, 3.05) is 52.4 Å². The van der Waals surface area contributed by atoms with Gasteiger partial charge in [0, 0.05) is 0 Å². The van der Waals surface area contributed by atoms with E-state index in [2.05, 4.69) is 83.0 Å². The van der Waals surface area contributed by atoms with E-state index in [-0.39, 0.29) is 26.2 Å². The summed E-state index contributed by atoms with van der Waals surface area (Å²) in [4.78, 5) is 0. The molecule has 57 heavy (non-hydrogen) atoms. The number of halogens is 2. The predicted molar refractivity (Wildman–Crippen MR) is 263 cm³/mol. The summed E-state index contributed by atoms with van der Waals surface area (Å²) in [5, 5.41) is 0. The summed E-state index contributed by atoms with van der Waals surface area (Å²) < 4.78 is 28.3. The molecular formula is C51H100B2F2N2. The molecule has 0 saturated heterocycles. The Labute approximate surface area is 358 Å². The molecule has 334 valence electrons. The van der Waals surface area contributed by atoms with E-state index in [1.54, 1.807) is 18.2 Å². The van der Waals surface area contributed by atoms with Crippen molar-refractivity contribution in [1.29, 1.82) is 0 Å². The van der Waals surface area contributed by atoms with Crippen LogP contribution in [0.1, 0.15) is 190 Å². The lowest BCUT2D eigenvalue weighted by atomic mass is 9.58. The van der Waals surface area contributed by atoms with Gasteiger partial charge in [-0.3, -0.25) is 0 Å². The van der Waals surface area contributed by atoms with Crippen LogP contribution >= 0.6 is 0 Å². The average molecular weight is 801 g/mol. The fourth-order valence-electron chi connectivity index (χ4n) is 8.28. The monoisotopic (exact) mass is 801 g/mol. The number of hydrogen-bond donors (Lipinski definition) is 0. The van der Waals surface area contributed by atoms with E-state index >= 15 is 0 Å². The fourth-order valence-corrected chi connectivity index (χ4v) is 8.28. The van der Waals surface area contributed by atoms with Crippen molar-refractivity contribution in [2.24, 2.45) is 0 Å². The number of rotatable bonds is 28. The molecule has 0 fully saturated rings. The van der Waals surface area contributed by atoms with Crippen molar-refractivity contribution in [3.63, 3.8) is 0 Å². The second-order valence-electron chi connectivity index (χ2n) is 18.3. The molecule has 2 aromatic carbocycles. The first kappa shape index (κ1) is 57.4. The summed E-state index contributed by atoms with van der Waals surface area (Å²) in [6.07, 6.45) is 23.3. The number of unbranched alkanes of at least 4 members (excludes halogenated alkanes) is 8. The highest BCUT2D eigenvalue weighted by Crippen LogP contribution is 2.18. The van der Waals surface area contributed by atoms with Crippen molar-refractivity contribution >= 4 is 25.5 Å². The summed E-state index contributed by atoms with van der Waals surface area (Å²) in [7, 11) is -0.240. The fraction of sp³-hybridized carbons (Fsp3) is 0.765. The van der Waals surface area contributed by atoms with Gasteiger partial charge in [0.2, 0.25) is 0 Å². The lowest BCUT2D eigenvalue weighted by Gasteiger charge is -2.39. The minimum absolute atomic E-state index is 0.0885. The zero-order valence-electron chi connectivity index (χ0n) is 41.4. The largest absolute Gasteiger partial charge is 0.324 e. The molecule has 0 aliphatic carbocycles. The van der Waals surface area contributed by atoms with Gasteiger partial charge in [-0.05, 0) is 91.9 Å². The van der Waals surface area contributed by atoms with Crippen LogP contribution in [0.15, 0.2) is 36.4 Å². The average Bonchev–Trinajstić information content (AvgIpc) is 3.22. The molecule has 2 nitrogen and oxygen atoms in total. The summed E-state index contributed by atoms with van der Waals surface area (Å²) >= 11 is 0. The van der Waals surface area contributed by atoms with E-state index in [0.717, 1.165) is 5.82 Å². The maximum absolute atomic E-state index is 12.9. The zero-order valence-corrected chi connectivity index (χ0v) is 41.4. The summed E-state index contributed by atoms with van der Waals surface area (Å²) in [6, 6.07) is 10.1. The Morgan fingerprint density at radius 2 is 0.719 bits per heavy atom. The van der Waals surface area contributed by atoms with Crippen LogP contribution in [0.3, 0.4) is 0 Å². The zero-order chi connectivity index (χ0) is 43.4. The number of hydrogen-bond acceptors (Lipinski definition) is 0. The summed E-state index contributed by atoms with van der Waals surface area (Å²) in [5.74, 6) is 0.569. The van der Waals surface area contributed by atoms with Gasteiger partial charge in [-0.1, -0.05) is 162 Å². The molecule has 0 spiro atoms. The maximum atomic E-state index is 12.9. The van der Waals surface area contributed by atoms with Crippen molar-refractivity contribution in [3.05, 3.63) is 59.2 Å². The highest BCUT2D eigenvalue weighted by Gasteiger charge is 2.25. The Hall–Kier alpha value is -1.65. The molecular weight excluding hydrogens is 700 g/mol. The highest BCUT2D eigenvalue weighted by molar-refractivity contribution is 6.55. The van der Waals surface area contributed by atoms with E-state index in [9.17, 15) is 8.78 Å². The van der Waals surface area contributed by atoms with Crippen LogP contribution in [0.5, 0.6) is 0 Å². The molecule has 0 aromatic heterocycles. The van der Waals surface area contributed by atoms with Gasteiger partial charge in [0.15, 0.2) is 0 Å². The molecule has 0 aliphatic rings. The molecule has 0 aliphatic heterocycles. The van der Waals surface area contributed by atoms with Gasteiger partial charge >= 0.3 is 0 Å². The molecule has 2 aromatic rings. The van der Waals surface area contributed by atoms with Crippen LogP contribution < -0.4 is 10.9 Å². The second kappa shape index (κ2) is 37.4. The maximum Gasteiger partial charge on any atom is 0.120 e. The first-order valence-electron chi connectivity index (χ1n) is 25.3. The van der Waals surface area contributed by atoms with E-state index in [1.807, 2.05) is 19.1 Å². The third kappa shape index (κ3) is 28.5. The molecule has 6 heteroatoms. The smallest absolute Gasteiger partial charge is 0.120 e. The summed E-state index contributed by atoms with van der Waals surface area (Å²) in [5.41, 5.74) is 4.97. The minimum Gasteiger partial charge on any atom is -0.324 e. The Bertz CT molecular complexity index is 1080. The SMILES string of the molecule is CCC(C)[BH2-]c1cc(F)ccc1C.CCCC[N+](CCCC)(CCCC)CCCC.CCCC[N+](CCCC)(CCCC)CCCC.C[BH2-]c1cc(F)ccc1C. The molecule has 0 heterocycles. The van der Waals surface area contributed by atoms with Crippen LogP contribution in [0.4, 0.5) is 8.78 Å². The van der Waals surface area contributed by atoms with Gasteiger partial charge < -0.3 is 8.97 Å². The van der Waals surface area contributed by atoms with Gasteiger partial charge in [-0.25, -0.2) is 19.7 Å². The van der Waals surface area contributed by atoms with Crippen LogP contribution in [-0.2, 0) is 0 Å². The molecule has 0 bridgehead atoms. The van der Waals surface area contributed by atoms with E-state index < -0.39 is 0 Å². The molecule has 0 saturated carbocycles. The van der Waals surface area contributed by atoms with Crippen molar-refractivity contribution in [2.45, 2.75) is 205 Å². The number of nitrogens with zero attached hydrogens (tertiary/aromatic N) is 2. The van der Waals surface area contributed by atoms with E-state index in [1.165, 1.54) is 199 Å². The first-order chi connectivity index (χ1) is 27.4. The molecule has 0 amide bonds. The summed E-state index contributed by atoms with van der Waals surface area (Å²) in [6.45, 7) is 40.7. The van der Waals surface area contributed by atoms with Gasteiger partial charge in [0.25, 0.3) is 0 Å². The topological polar surface area (TPSA) is 0 Å². The van der Waals surface area contributed by atoms with Gasteiger partial charge in [0.1, 0.15) is 11.6 Å². The number of quaternary nitrogens is 2. The molecule has 0 N–H and O–H groups in total. The van der Waals surface area contributed by atoms with Gasteiger partial charge in [-0.15, -0.1) is 0 Å². The Morgan fingerprint density at radius 1 is 0.456 bits per heavy atom. The third-order valence-electron chi connectivity index (χ3n) is 13.0. The Morgan fingerprint density at radius 3 is 0.947 bits per heavy atom.